The summed E-state index contributed by atoms with van der Waals surface area (Å²) in [6.07, 6.45) is 0. The van der Waals surface area contributed by atoms with Gasteiger partial charge < -0.3 is 15.3 Å². The van der Waals surface area contributed by atoms with E-state index in [1.54, 1.807) is 0 Å². The number of nitrogens with zero attached hydrogens (tertiary/aromatic N) is 2. The predicted molar refractivity (Wildman–Crippen MR) is 87.6 cm³/mol. The largest absolute Gasteiger partial charge is 0.480 e. The SMILES string of the molecule is Cc1ccc2c(C)cc(N3CCNC(C(=O)O)C3)nc2c1C. The van der Waals surface area contributed by atoms with Crippen LogP contribution in [0.15, 0.2) is 18.2 Å². The smallest absolute Gasteiger partial charge is 0.322 e. The van der Waals surface area contributed by atoms with Gasteiger partial charge in [-0.1, -0.05) is 12.1 Å². The Hall–Kier alpha value is -2.14. The Labute approximate surface area is 130 Å². The topological polar surface area (TPSA) is 65.5 Å². The number of aliphatic carboxylic acids is 1. The fraction of sp³-hybridized carbons (Fsp3) is 0.412. The highest BCUT2D eigenvalue weighted by Crippen LogP contribution is 2.27. The highest BCUT2D eigenvalue weighted by molar-refractivity contribution is 5.87. The normalized spacial score (nSPS) is 18.7. The van der Waals surface area contributed by atoms with E-state index in [2.05, 4.69) is 49.2 Å². The van der Waals surface area contributed by atoms with Crippen LogP contribution in [-0.2, 0) is 4.79 Å². The van der Waals surface area contributed by atoms with E-state index < -0.39 is 12.0 Å². The molecule has 0 saturated carbocycles. The second-order valence-corrected chi connectivity index (χ2v) is 5.99. The van der Waals surface area contributed by atoms with Crippen LogP contribution >= 0.6 is 0 Å². The summed E-state index contributed by atoms with van der Waals surface area (Å²) in [6, 6.07) is 5.75. The van der Waals surface area contributed by atoms with Crippen molar-refractivity contribution in [1.82, 2.24) is 10.3 Å². The van der Waals surface area contributed by atoms with Gasteiger partial charge in [-0.15, -0.1) is 0 Å². The van der Waals surface area contributed by atoms with Gasteiger partial charge in [-0.2, -0.15) is 0 Å². The molecular formula is C17H21N3O2. The molecule has 0 spiro atoms. The van der Waals surface area contributed by atoms with Gasteiger partial charge in [0.2, 0.25) is 0 Å². The van der Waals surface area contributed by atoms with E-state index in [-0.39, 0.29) is 0 Å². The van der Waals surface area contributed by atoms with Gasteiger partial charge in [0.05, 0.1) is 5.52 Å². The lowest BCUT2D eigenvalue weighted by molar-refractivity contribution is -0.139. The van der Waals surface area contributed by atoms with Crippen molar-refractivity contribution in [3.63, 3.8) is 0 Å². The number of rotatable bonds is 2. The Bertz CT molecular complexity index is 742. The highest BCUT2D eigenvalue weighted by atomic mass is 16.4. The number of piperazine rings is 1. The zero-order valence-corrected chi connectivity index (χ0v) is 13.2. The molecule has 1 saturated heterocycles. The van der Waals surface area contributed by atoms with E-state index >= 15 is 0 Å². The van der Waals surface area contributed by atoms with Gasteiger partial charge in [-0.3, -0.25) is 4.79 Å². The molecule has 1 aromatic heterocycles. The van der Waals surface area contributed by atoms with Crippen LogP contribution in [0.2, 0.25) is 0 Å². The van der Waals surface area contributed by atoms with Gasteiger partial charge in [0.15, 0.2) is 0 Å². The van der Waals surface area contributed by atoms with E-state index in [1.807, 2.05) is 0 Å². The van der Waals surface area contributed by atoms with Crippen LogP contribution in [0, 0.1) is 20.8 Å². The third-order valence-electron chi connectivity index (χ3n) is 4.50. The summed E-state index contributed by atoms with van der Waals surface area (Å²) in [5.41, 5.74) is 4.60. The molecule has 3 rings (SSSR count). The van der Waals surface area contributed by atoms with Crippen molar-refractivity contribution in [3.05, 3.63) is 34.9 Å². The number of benzene rings is 1. The molecule has 1 atom stereocenters. The van der Waals surface area contributed by atoms with E-state index in [1.165, 1.54) is 16.7 Å². The first-order valence-corrected chi connectivity index (χ1v) is 7.56. The molecular weight excluding hydrogens is 278 g/mol. The molecule has 5 heteroatoms. The Morgan fingerprint density at radius 2 is 2.09 bits per heavy atom. The summed E-state index contributed by atoms with van der Waals surface area (Å²) < 4.78 is 0. The molecule has 0 aliphatic carbocycles. The summed E-state index contributed by atoms with van der Waals surface area (Å²) in [6.45, 7) is 8.13. The molecule has 1 aromatic carbocycles. The maximum absolute atomic E-state index is 11.2. The Morgan fingerprint density at radius 1 is 1.32 bits per heavy atom. The molecule has 1 fully saturated rings. The molecule has 2 aromatic rings. The van der Waals surface area contributed by atoms with E-state index in [0.29, 0.717) is 13.1 Å². The number of aromatic nitrogens is 1. The number of fused-ring (bicyclic) bond motifs is 1. The Balaban J connectivity index is 2.04. The standard InChI is InChI=1S/C17H21N3O2/c1-10-4-5-13-11(2)8-15(19-16(13)12(10)3)20-7-6-18-14(9-20)17(21)22/h4-5,8,14,18H,6-7,9H2,1-3H3,(H,21,22). The zero-order valence-electron chi connectivity index (χ0n) is 13.2. The van der Waals surface area contributed by atoms with Crippen molar-refractivity contribution in [1.29, 1.82) is 0 Å². The molecule has 1 aliphatic rings. The molecule has 5 nitrogen and oxygen atoms in total. The minimum atomic E-state index is -0.811. The van der Waals surface area contributed by atoms with Crippen LogP contribution in [0.1, 0.15) is 16.7 Å². The number of aryl methyl sites for hydroxylation is 3. The first-order valence-electron chi connectivity index (χ1n) is 7.56. The van der Waals surface area contributed by atoms with E-state index in [4.69, 9.17) is 4.98 Å². The molecule has 22 heavy (non-hydrogen) atoms. The quantitative estimate of drug-likeness (QED) is 0.888. The van der Waals surface area contributed by atoms with Crippen molar-refractivity contribution in [3.8, 4) is 0 Å². The van der Waals surface area contributed by atoms with Gasteiger partial charge in [-0.05, 0) is 43.5 Å². The van der Waals surface area contributed by atoms with Crippen molar-refractivity contribution in [2.45, 2.75) is 26.8 Å². The first-order chi connectivity index (χ1) is 10.5. The van der Waals surface area contributed by atoms with Crippen LogP contribution in [0.25, 0.3) is 10.9 Å². The first kappa shape index (κ1) is 14.8. The number of carbonyl (C=O) groups is 1. The number of carboxylic acid groups (broad SMARTS) is 1. The molecule has 2 heterocycles. The molecule has 0 amide bonds. The summed E-state index contributed by atoms with van der Waals surface area (Å²) >= 11 is 0. The molecule has 116 valence electrons. The summed E-state index contributed by atoms with van der Waals surface area (Å²) in [5, 5.41) is 13.4. The molecule has 2 N–H and O–H groups in total. The van der Waals surface area contributed by atoms with Crippen molar-refractivity contribution < 1.29 is 9.90 Å². The predicted octanol–water partition coefficient (Wildman–Crippen LogP) is 2.02. The second-order valence-electron chi connectivity index (χ2n) is 5.99. The van der Waals surface area contributed by atoms with Gasteiger partial charge in [0, 0.05) is 25.0 Å². The lowest BCUT2D eigenvalue weighted by atomic mass is 10.0. The highest BCUT2D eigenvalue weighted by Gasteiger charge is 2.26. The number of nitrogens with one attached hydrogen (secondary N) is 1. The van der Waals surface area contributed by atoms with E-state index in [0.717, 1.165) is 23.3 Å². The molecule has 1 aliphatic heterocycles. The monoisotopic (exact) mass is 299 g/mol. The van der Waals surface area contributed by atoms with Gasteiger partial charge in [0.25, 0.3) is 0 Å². The van der Waals surface area contributed by atoms with Crippen LogP contribution in [-0.4, -0.2) is 41.7 Å². The number of hydrogen-bond donors (Lipinski definition) is 2. The number of pyridine rings is 1. The van der Waals surface area contributed by atoms with Crippen LogP contribution in [0.5, 0.6) is 0 Å². The number of anilines is 1. The van der Waals surface area contributed by atoms with Gasteiger partial charge >= 0.3 is 5.97 Å². The Kier molecular flexibility index (Phi) is 3.74. The van der Waals surface area contributed by atoms with Crippen molar-refractivity contribution >= 4 is 22.7 Å². The maximum atomic E-state index is 11.2. The fourth-order valence-corrected chi connectivity index (χ4v) is 2.97. The Morgan fingerprint density at radius 3 is 2.82 bits per heavy atom. The summed E-state index contributed by atoms with van der Waals surface area (Å²) in [4.78, 5) is 18.1. The summed E-state index contributed by atoms with van der Waals surface area (Å²) in [5.74, 6) is 0.0562. The van der Waals surface area contributed by atoms with Crippen molar-refractivity contribution in [2.24, 2.45) is 0 Å². The van der Waals surface area contributed by atoms with Crippen LogP contribution in [0.4, 0.5) is 5.82 Å². The van der Waals surface area contributed by atoms with Crippen LogP contribution < -0.4 is 10.2 Å². The maximum Gasteiger partial charge on any atom is 0.322 e. The molecule has 0 radical (unpaired) electrons. The zero-order chi connectivity index (χ0) is 15.9. The molecule has 0 bridgehead atoms. The molecule has 1 unspecified atom stereocenters. The lowest BCUT2D eigenvalue weighted by Crippen LogP contribution is -2.54. The average molecular weight is 299 g/mol. The van der Waals surface area contributed by atoms with Crippen molar-refractivity contribution in [2.75, 3.05) is 24.5 Å². The van der Waals surface area contributed by atoms with Gasteiger partial charge in [0.1, 0.15) is 11.9 Å². The van der Waals surface area contributed by atoms with E-state index in [9.17, 15) is 9.90 Å². The third kappa shape index (κ3) is 2.52. The minimum Gasteiger partial charge on any atom is -0.480 e. The fourth-order valence-electron chi connectivity index (χ4n) is 2.97. The minimum absolute atomic E-state index is 0.443. The van der Waals surface area contributed by atoms with Crippen LogP contribution in [0.3, 0.4) is 0 Å². The summed E-state index contributed by atoms with van der Waals surface area (Å²) in [7, 11) is 0. The van der Waals surface area contributed by atoms with Gasteiger partial charge in [-0.25, -0.2) is 4.98 Å². The second kappa shape index (κ2) is 5.57. The number of carboxylic acids is 1. The number of hydrogen-bond acceptors (Lipinski definition) is 4. The third-order valence-corrected chi connectivity index (χ3v) is 4.50. The average Bonchev–Trinajstić information content (AvgIpc) is 2.51. The lowest BCUT2D eigenvalue weighted by Gasteiger charge is -2.32.